The number of carbonyl (C=O) groups is 1. The van der Waals surface area contributed by atoms with Crippen molar-refractivity contribution < 1.29 is 19.0 Å². The molecule has 0 spiro atoms. The van der Waals surface area contributed by atoms with Crippen LogP contribution in [-0.2, 0) is 4.79 Å². The first-order valence-corrected chi connectivity index (χ1v) is 6.38. The number of allylic oxidation sites excluding steroid dienone is 2. The lowest BCUT2D eigenvalue weighted by atomic mass is 9.85. The number of carbonyl (C=O) groups excluding carboxylic acids is 1. The molecular formula is C15H19NO4. The first kappa shape index (κ1) is 14.2. The van der Waals surface area contributed by atoms with E-state index < -0.39 is 0 Å². The second kappa shape index (κ2) is 5.86. The number of hydrogen-bond acceptors (Lipinski definition) is 5. The SMILES string of the molecule is COc1ccc([C@H]2CC(=O)C=C(N)C2)c(OC)c1OC. The Morgan fingerprint density at radius 1 is 1.05 bits per heavy atom. The van der Waals surface area contributed by atoms with Crippen molar-refractivity contribution in [2.75, 3.05) is 21.3 Å². The van der Waals surface area contributed by atoms with E-state index in [0.29, 0.717) is 35.8 Å². The van der Waals surface area contributed by atoms with Crippen LogP contribution in [0.2, 0.25) is 0 Å². The molecule has 20 heavy (non-hydrogen) atoms. The average Bonchev–Trinajstić information content (AvgIpc) is 2.44. The predicted molar refractivity (Wildman–Crippen MR) is 75.4 cm³/mol. The van der Waals surface area contributed by atoms with E-state index in [4.69, 9.17) is 19.9 Å². The third-order valence-electron chi connectivity index (χ3n) is 3.45. The van der Waals surface area contributed by atoms with Gasteiger partial charge in [-0.05, 0) is 18.6 Å². The van der Waals surface area contributed by atoms with Gasteiger partial charge in [-0.25, -0.2) is 0 Å². The monoisotopic (exact) mass is 277 g/mol. The fourth-order valence-corrected chi connectivity index (χ4v) is 2.59. The fourth-order valence-electron chi connectivity index (χ4n) is 2.59. The molecule has 0 bridgehead atoms. The summed E-state index contributed by atoms with van der Waals surface area (Å²) in [5, 5.41) is 0. The highest BCUT2D eigenvalue weighted by atomic mass is 16.5. The smallest absolute Gasteiger partial charge is 0.203 e. The van der Waals surface area contributed by atoms with E-state index in [1.165, 1.54) is 6.08 Å². The Balaban J connectivity index is 2.47. The molecule has 2 rings (SSSR count). The zero-order chi connectivity index (χ0) is 14.7. The van der Waals surface area contributed by atoms with Crippen LogP contribution in [0.15, 0.2) is 23.9 Å². The maximum atomic E-state index is 11.7. The highest BCUT2D eigenvalue weighted by molar-refractivity contribution is 5.92. The summed E-state index contributed by atoms with van der Waals surface area (Å²) in [5.41, 5.74) is 7.33. The van der Waals surface area contributed by atoms with Crippen LogP contribution in [0.3, 0.4) is 0 Å². The molecule has 1 aliphatic carbocycles. The lowest BCUT2D eigenvalue weighted by Gasteiger charge is -2.24. The van der Waals surface area contributed by atoms with E-state index >= 15 is 0 Å². The standard InChI is InChI=1S/C15H19NO4/c1-18-13-5-4-12(14(19-2)15(13)20-3)9-6-10(16)8-11(17)7-9/h4-5,8-9H,6-7,16H2,1-3H3/t9-/m1/s1. The van der Waals surface area contributed by atoms with Gasteiger partial charge in [0.05, 0.1) is 21.3 Å². The van der Waals surface area contributed by atoms with Crippen molar-refractivity contribution in [3.8, 4) is 17.2 Å². The van der Waals surface area contributed by atoms with Crippen molar-refractivity contribution >= 4 is 5.78 Å². The van der Waals surface area contributed by atoms with E-state index in [0.717, 1.165) is 5.56 Å². The van der Waals surface area contributed by atoms with Gasteiger partial charge in [-0.15, -0.1) is 0 Å². The molecule has 0 amide bonds. The molecule has 0 heterocycles. The lowest BCUT2D eigenvalue weighted by Crippen LogP contribution is -2.17. The maximum absolute atomic E-state index is 11.7. The topological polar surface area (TPSA) is 70.8 Å². The number of nitrogens with two attached hydrogens (primary N) is 1. The summed E-state index contributed by atoms with van der Waals surface area (Å²) < 4.78 is 16.1. The van der Waals surface area contributed by atoms with Gasteiger partial charge in [0, 0.05) is 23.6 Å². The first-order chi connectivity index (χ1) is 9.60. The van der Waals surface area contributed by atoms with Crippen molar-refractivity contribution in [2.45, 2.75) is 18.8 Å². The molecule has 0 aliphatic heterocycles. The zero-order valence-electron chi connectivity index (χ0n) is 11.9. The summed E-state index contributed by atoms with van der Waals surface area (Å²) in [6.45, 7) is 0. The quantitative estimate of drug-likeness (QED) is 0.911. The Kier molecular flexibility index (Phi) is 4.17. The number of hydrogen-bond donors (Lipinski definition) is 1. The van der Waals surface area contributed by atoms with Gasteiger partial charge in [0.15, 0.2) is 17.3 Å². The van der Waals surface area contributed by atoms with Crippen LogP contribution in [-0.4, -0.2) is 27.1 Å². The van der Waals surface area contributed by atoms with Crippen LogP contribution in [0.25, 0.3) is 0 Å². The number of rotatable bonds is 4. The second-order valence-electron chi connectivity index (χ2n) is 4.71. The van der Waals surface area contributed by atoms with Crippen LogP contribution >= 0.6 is 0 Å². The molecule has 0 unspecified atom stereocenters. The lowest BCUT2D eigenvalue weighted by molar-refractivity contribution is -0.115. The molecule has 0 radical (unpaired) electrons. The van der Waals surface area contributed by atoms with Gasteiger partial charge in [0.25, 0.3) is 0 Å². The molecule has 1 atom stereocenters. The second-order valence-corrected chi connectivity index (χ2v) is 4.71. The molecule has 5 nitrogen and oxygen atoms in total. The Bertz CT molecular complexity index is 551. The number of methoxy groups -OCH3 is 3. The Morgan fingerprint density at radius 2 is 1.75 bits per heavy atom. The predicted octanol–water partition coefficient (Wildman–Crippen LogP) is 2.00. The van der Waals surface area contributed by atoms with Crippen molar-refractivity contribution in [3.05, 3.63) is 29.5 Å². The van der Waals surface area contributed by atoms with Crippen LogP contribution in [0.1, 0.15) is 24.3 Å². The molecule has 0 saturated heterocycles. The van der Waals surface area contributed by atoms with Crippen LogP contribution in [0.5, 0.6) is 17.2 Å². The molecule has 0 fully saturated rings. The van der Waals surface area contributed by atoms with Gasteiger partial charge >= 0.3 is 0 Å². The van der Waals surface area contributed by atoms with Crippen molar-refractivity contribution in [1.82, 2.24) is 0 Å². The van der Waals surface area contributed by atoms with E-state index in [2.05, 4.69) is 0 Å². The summed E-state index contributed by atoms with van der Waals surface area (Å²) >= 11 is 0. The minimum absolute atomic E-state index is 0.00209. The largest absolute Gasteiger partial charge is 0.493 e. The molecule has 2 N–H and O–H groups in total. The average molecular weight is 277 g/mol. The van der Waals surface area contributed by atoms with Crippen molar-refractivity contribution in [1.29, 1.82) is 0 Å². The molecule has 0 aromatic heterocycles. The number of ether oxygens (including phenoxy) is 3. The fraction of sp³-hybridized carbons (Fsp3) is 0.400. The van der Waals surface area contributed by atoms with Gasteiger partial charge < -0.3 is 19.9 Å². The zero-order valence-corrected chi connectivity index (χ0v) is 11.9. The van der Waals surface area contributed by atoms with E-state index in [-0.39, 0.29) is 11.7 Å². The maximum Gasteiger partial charge on any atom is 0.203 e. The minimum Gasteiger partial charge on any atom is -0.493 e. The number of ketones is 1. The third kappa shape index (κ3) is 2.57. The van der Waals surface area contributed by atoms with Crippen LogP contribution < -0.4 is 19.9 Å². The Hall–Kier alpha value is -2.17. The highest BCUT2D eigenvalue weighted by Crippen LogP contribution is 2.45. The van der Waals surface area contributed by atoms with Gasteiger partial charge in [-0.2, -0.15) is 0 Å². The molecule has 1 aromatic rings. The Morgan fingerprint density at radius 3 is 2.30 bits per heavy atom. The van der Waals surface area contributed by atoms with E-state index in [9.17, 15) is 4.79 Å². The molecule has 108 valence electrons. The van der Waals surface area contributed by atoms with Gasteiger partial charge in [0.1, 0.15) is 0 Å². The molecule has 1 aromatic carbocycles. The van der Waals surface area contributed by atoms with Gasteiger partial charge in [-0.3, -0.25) is 4.79 Å². The molecule has 0 saturated carbocycles. The van der Waals surface area contributed by atoms with Crippen LogP contribution in [0, 0.1) is 0 Å². The normalized spacial score (nSPS) is 18.4. The molecule has 1 aliphatic rings. The van der Waals surface area contributed by atoms with Crippen molar-refractivity contribution in [2.24, 2.45) is 5.73 Å². The summed E-state index contributed by atoms with van der Waals surface area (Å²) in [7, 11) is 4.71. The van der Waals surface area contributed by atoms with Crippen LogP contribution in [0.4, 0.5) is 0 Å². The third-order valence-corrected chi connectivity index (χ3v) is 3.45. The van der Waals surface area contributed by atoms with E-state index in [1.54, 1.807) is 21.3 Å². The first-order valence-electron chi connectivity index (χ1n) is 6.38. The number of benzene rings is 1. The molecule has 5 heteroatoms. The summed E-state index contributed by atoms with van der Waals surface area (Å²) in [4.78, 5) is 11.7. The minimum atomic E-state index is 0.00209. The summed E-state index contributed by atoms with van der Waals surface area (Å²) in [6.07, 6.45) is 2.56. The van der Waals surface area contributed by atoms with E-state index in [1.807, 2.05) is 12.1 Å². The van der Waals surface area contributed by atoms with Gasteiger partial charge in [0.2, 0.25) is 5.75 Å². The summed E-state index contributed by atoms with van der Waals surface area (Å²) in [6, 6.07) is 3.71. The van der Waals surface area contributed by atoms with Crippen molar-refractivity contribution in [3.63, 3.8) is 0 Å². The van der Waals surface area contributed by atoms with Gasteiger partial charge in [-0.1, -0.05) is 6.07 Å². The highest BCUT2D eigenvalue weighted by Gasteiger charge is 2.26. The summed E-state index contributed by atoms with van der Waals surface area (Å²) in [5.74, 6) is 1.77. The molecular weight excluding hydrogens is 258 g/mol. The Labute approximate surface area is 118 Å².